The lowest BCUT2D eigenvalue weighted by molar-refractivity contribution is -0.149. The van der Waals surface area contributed by atoms with Crippen molar-refractivity contribution in [2.24, 2.45) is 28.6 Å². The predicted octanol–water partition coefficient (Wildman–Crippen LogP) is 4.20. The zero-order valence-electron chi connectivity index (χ0n) is 17.1. The van der Waals surface area contributed by atoms with Gasteiger partial charge in [-0.1, -0.05) is 19.4 Å². The molecular formula is C23H34O4. The van der Waals surface area contributed by atoms with Gasteiger partial charge in [-0.2, -0.15) is 0 Å². The largest absolute Gasteiger partial charge is 0.469 e. The minimum Gasteiger partial charge on any atom is -0.469 e. The number of carbonyl (C=O) groups is 2. The van der Waals surface area contributed by atoms with Crippen molar-refractivity contribution in [3.8, 4) is 0 Å². The first-order valence-corrected chi connectivity index (χ1v) is 10.8. The molecule has 3 fully saturated rings. The van der Waals surface area contributed by atoms with Gasteiger partial charge in [0.25, 0.3) is 0 Å². The molecule has 0 saturated heterocycles. The fourth-order valence-electron chi connectivity index (χ4n) is 7.49. The second-order valence-corrected chi connectivity index (χ2v) is 10.1. The quantitative estimate of drug-likeness (QED) is 0.752. The highest BCUT2D eigenvalue weighted by Gasteiger charge is 2.63. The highest BCUT2D eigenvalue weighted by atomic mass is 16.5. The monoisotopic (exact) mass is 374 g/mol. The van der Waals surface area contributed by atoms with Crippen molar-refractivity contribution >= 4 is 11.8 Å². The number of aliphatic hydroxyl groups is 1. The summed E-state index contributed by atoms with van der Waals surface area (Å²) in [5.74, 6) is 1.86. The van der Waals surface area contributed by atoms with Crippen molar-refractivity contribution < 1.29 is 19.4 Å². The Bertz CT molecular complexity index is 682. The van der Waals surface area contributed by atoms with Gasteiger partial charge in [-0.3, -0.25) is 9.59 Å². The van der Waals surface area contributed by atoms with E-state index in [1.165, 1.54) is 12.7 Å². The van der Waals surface area contributed by atoms with E-state index in [0.717, 1.165) is 44.9 Å². The third-order valence-electron chi connectivity index (χ3n) is 9.25. The van der Waals surface area contributed by atoms with Gasteiger partial charge in [-0.05, 0) is 86.0 Å². The van der Waals surface area contributed by atoms with Gasteiger partial charge in [0.1, 0.15) is 0 Å². The third kappa shape index (κ3) is 2.73. The lowest BCUT2D eigenvalue weighted by Crippen LogP contribution is -2.54. The van der Waals surface area contributed by atoms with Crippen LogP contribution in [0.25, 0.3) is 0 Å². The average Bonchev–Trinajstić information content (AvgIpc) is 2.92. The number of esters is 1. The van der Waals surface area contributed by atoms with Gasteiger partial charge in [0, 0.05) is 12.8 Å². The van der Waals surface area contributed by atoms with Gasteiger partial charge in [-0.15, -0.1) is 0 Å². The van der Waals surface area contributed by atoms with E-state index in [0.29, 0.717) is 42.8 Å². The van der Waals surface area contributed by atoms with Gasteiger partial charge in [0.15, 0.2) is 5.78 Å². The maximum absolute atomic E-state index is 11.9. The average molecular weight is 375 g/mol. The molecule has 0 aromatic heterocycles. The van der Waals surface area contributed by atoms with E-state index in [1.807, 2.05) is 6.08 Å². The summed E-state index contributed by atoms with van der Waals surface area (Å²) >= 11 is 0. The van der Waals surface area contributed by atoms with E-state index >= 15 is 0 Å². The summed E-state index contributed by atoms with van der Waals surface area (Å²) < 4.78 is 4.81. The molecule has 3 saturated carbocycles. The molecule has 0 bridgehead atoms. The van der Waals surface area contributed by atoms with Crippen LogP contribution < -0.4 is 0 Å². The summed E-state index contributed by atoms with van der Waals surface area (Å²) in [6, 6.07) is 0. The molecule has 6 atom stereocenters. The molecule has 0 spiro atoms. The second kappa shape index (κ2) is 6.43. The number of ether oxygens (including phenoxy) is 1. The molecule has 0 aromatic rings. The van der Waals surface area contributed by atoms with Gasteiger partial charge in [0.2, 0.25) is 0 Å². The van der Waals surface area contributed by atoms with E-state index in [1.54, 1.807) is 0 Å². The summed E-state index contributed by atoms with van der Waals surface area (Å²) in [5.41, 5.74) is 0.702. The molecular weight excluding hydrogens is 340 g/mol. The van der Waals surface area contributed by atoms with Crippen LogP contribution in [0.15, 0.2) is 11.6 Å². The first-order chi connectivity index (χ1) is 12.7. The normalized spacial score (nSPS) is 46.1. The number of ketones is 1. The molecule has 27 heavy (non-hydrogen) atoms. The molecule has 4 heteroatoms. The van der Waals surface area contributed by atoms with Crippen LogP contribution in [0.5, 0.6) is 0 Å². The summed E-state index contributed by atoms with van der Waals surface area (Å²) in [6.07, 6.45) is 10.6. The van der Waals surface area contributed by atoms with Crippen LogP contribution in [-0.2, 0) is 14.3 Å². The van der Waals surface area contributed by atoms with Gasteiger partial charge in [-0.25, -0.2) is 0 Å². The molecule has 150 valence electrons. The van der Waals surface area contributed by atoms with Crippen molar-refractivity contribution in [2.45, 2.75) is 83.7 Å². The summed E-state index contributed by atoms with van der Waals surface area (Å²) in [7, 11) is 1.42. The Hall–Kier alpha value is -1.16. The lowest BCUT2D eigenvalue weighted by atomic mass is 9.46. The van der Waals surface area contributed by atoms with Crippen LogP contribution in [0, 0.1) is 28.6 Å². The van der Waals surface area contributed by atoms with E-state index in [9.17, 15) is 14.7 Å². The van der Waals surface area contributed by atoms with Crippen LogP contribution in [0.3, 0.4) is 0 Å². The first-order valence-electron chi connectivity index (χ1n) is 10.8. The Kier molecular flexibility index (Phi) is 4.57. The zero-order chi connectivity index (χ0) is 19.4. The van der Waals surface area contributed by atoms with Crippen LogP contribution in [0.4, 0.5) is 0 Å². The molecule has 0 heterocycles. The highest BCUT2D eigenvalue weighted by Crippen LogP contribution is 2.68. The SMILES string of the molecule is COC(=O)CC[C@]1(O)CC[C@H]2[C@@H]3CCC4=CC(=O)CC[C@]4(C)[C@H]3CC[C@@]21C. The van der Waals surface area contributed by atoms with Crippen molar-refractivity contribution in [2.75, 3.05) is 7.11 Å². The second-order valence-electron chi connectivity index (χ2n) is 10.1. The maximum Gasteiger partial charge on any atom is 0.305 e. The number of hydrogen-bond acceptors (Lipinski definition) is 4. The molecule has 4 nitrogen and oxygen atoms in total. The number of rotatable bonds is 3. The van der Waals surface area contributed by atoms with Crippen LogP contribution >= 0.6 is 0 Å². The lowest BCUT2D eigenvalue weighted by Gasteiger charge is -2.59. The van der Waals surface area contributed by atoms with Gasteiger partial charge >= 0.3 is 5.97 Å². The molecule has 0 unspecified atom stereocenters. The smallest absolute Gasteiger partial charge is 0.305 e. The topological polar surface area (TPSA) is 63.6 Å². The zero-order valence-corrected chi connectivity index (χ0v) is 17.1. The Balaban J connectivity index is 1.58. The molecule has 4 aliphatic carbocycles. The summed E-state index contributed by atoms with van der Waals surface area (Å²) in [5, 5.41) is 11.5. The molecule has 0 aliphatic heterocycles. The van der Waals surface area contributed by atoms with Crippen molar-refractivity contribution in [1.29, 1.82) is 0 Å². The van der Waals surface area contributed by atoms with Gasteiger partial charge in [0.05, 0.1) is 12.7 Å². The van der Waals surface area contributed by atoms with Gasteiger partial charge < -0.3 is 9.84 Å². The van der Waals surface area contributed by atoms with Crippen LogP contribution in [0.2, 0.25) is 0 Å². The molecule has 4 rings (SSSR count). The highest BCUT2D eigenvalue weighted by molar-refractivity contribution is 5.91. The van der Waals surface area contributed by atoms with Crippen molar-refractivity contribution in [3.63, 3.8) is 0 Å². The minimum atomic E-state index is -0.754. The summed E-state index contributed by atoms with van der Waals surface area (Å²) in [4.78, 5) is 23.6. The molecule has 1 N–H and O–H groups in total. The maximum atomic E-state index is 11.9. The Morgan fingerprint density at radius 3 is 2.63 bits per heavy atom. The van der Waals surface area contributed by atoms with Crippen LogP contribution in [-0.4, -0.2) is 29.6 Å². The number of carbonyl (C=O) groups excluding carboxylic acids is 2. The van der Waals surface area contributed by atoms with Crippen molar-refractivity contribution in [3.05, 3.63) is 11.6 Å². The molecule has 0 amide bonds. The third-order valence-corrected chi connectivity index (χ3v) is 9.25. The molecule has 0 radical (unpaired) electrons. The number of methoxy groups -OCH3 is 1. The fraction of sp³-hybridized carbons (Fsp3) is 0.826. The van der Waals surface area contributed by atoms with E-state index in [-0.39, 0.29) is 16.8 Å². The number of fused-ring (bicyclic) bond motifs is 5. The Morgan fingerprint density at radius 1 is 1.15 bits per heavy atom. The predicted molar refractivity (Wildman–Crippen MR) is 103 cm³/mol. The fourth-order valence-corrected chi connectivity index (χ4v) is 7.49. The summed E-state index contributed by atoms with van der Waals surface area (Å²) in [6.45, 7) is 4.67. The Morgan fingerprint density at radius 2 is 1.89 bits per heavy atom. The van der Waals surface area contributed by atoms with E-state index in [2.05, 4.69) is 13.8 Å². The molecule has 4 aliphatic rings. The molecule has 0 aromatic carbocycles. The Labute approximate surface area is 162 Å². The number of hydrogen-bond donors (Lipinski definition) is 1. The van der Waals surface area contributed by atoms with E-state index in [4.69, 9.17) is 4.74 Å². The van der Waals surface area contributed by atoms with Crippen LogP contribution in [0.1, 0.15) is 78.1 Å². The van der Waals surface area contributed by atoms with E-state index < -0.39 is 5.60 Å². The number of allylic oxidation sites excluding steroid dienone is 1. The standard InChI is InChI=1S/C23H34O4/c1-21-10-6-16(24)14-15(21)4-5-17-18(21)7-11-22(2)19(17)8-12-23(22,26)13-9-20(25)27-3/h14,17-19,26H,4-13H2,1-3H3/t17-,18+,19+,21+,22+,23-/m1/s1. The minimum absolute atomic E-state index is 0.107. The van der Waals surface area contributed by atoms with Crippen molar-refractivity contribution in [1.82, 2.24) is 0 Å². The first kappa shape index (κ1) is 19.2.